The van der Waals surface area contributed by atoms with Gasteiger partial charge in [-0.25, -0.2) is 0 Å². The Kier molecular flexibility index (Phi) is 2.59. The number of carbonyl (C=O) groups is 1. The van der Waals surface area contributed by atoms with Crippen LogP contribution in [0, 0.1) is 6.92 Å². The fraction of sp³-hybridized carbons (Fsp3) is 0.167. The number of nitrogens with zero attached hydrogens (tertiary/aromatic N) is 1. The van der Waals surface area contributed by atoms with E-state index in [0.29, 0.717) is 11.2 Å². The zero-order valence-corrected chi connectivity index (χ0v) is 9.30. The number of aromatic nitrogens is 1. The minimum Gasteiger partial charge on any atom is -0.480 e. The molecule has 0 spiro atoms. The van der Waals surface area contributed by atoms with E-state index in [2.05, 4.69) is 0 Å². The molecule has 0 aliphatic rings. The van der Waals surface area contributed by atoms with Gasteiger partial charge in [0.1, 0.15) is 6.54 Å². The van der Waals surface area contributed by atoms with Crippen molar-refractivity contribution in [2.75, 3.05) is 5.73 Å². The Balaban J connectivity index is 2.85. The third-order valence-electron chi connectivity index (χ3n) is 2.64. The number of fused-ring (bicyclic) bond motifs is 1. The Morgan fingerprint density at radius 1 is 1.41 bits per heavy atom. The highest BCUT2D eigenvalue weighted by atomic mass is 16.4. The van der Waals surface area contributed by atoms with Gasteiger partial charge in [0.25, 0.3) is 5.56 Å². The van der Waals surface area contributed by atoms with E-state index in [1.807, 2.05) is 6.92 Å². The quantitative estimate of drug-likeness (QED) is 0.756. The van der Waals surface area contributed by atoms with Gasteiger partial charge in [0.15, 0.2) is 0 Å². The van der Waals surface area contributed by atoms with Gasteiger partial charge in [-0.15, -0.1) is 0 Å². The summed E-state index contributed by atoms with van der Waals surface area (Å²) in [7, 11) is 0. The topological polar surface area (TPSA) is 85.3 Å². The average molecular weight is 232 g/mol. The van der Waals surface area contributed by atoms with Crippen LogP contribution in [0.15, 0.2) is 29.1 Å². The number of aliphatic carboxylic acids is 1. The van der Waals surface area contributed by atoms with E-state index in [9.17, 15) is 9.59 Å². The summed E-state index contributed by atoms with van der Waals surface area (Å²) in [5.41, 5.74) is 7.20. The fourth-order valence-electron chi connectivity index (χ4n) is 1.86. The van der Waals surface area contributed by atoms with Crippen LogP contribution in [-0.4, -0.2) is 15.6 Å². The summed E-state index contributed by atoms with van der Waals surface area (Å²) in [5.74, 6) is -1.06. The molecule has 1 heterocycles. The first-order valence-electron chi connectivity index (χ1n) is 5.10. The smallest absolute Gasteiger partial charge is 0.323 e. The van der Waals surface area contributed by atoms with Crippen LogP contribution in [0.1, 0.15) is 5.56 Å². The maximum absolute atomic E-state index is 11.8. The van der Waals surface area contributed by atoms with E-state index in [1.54, 1.807) is 18.2 Å². The Morgan fingerprint density at radius 2 is 2.12 bits per heavy atom. The van der Waals surface area contributed by atoms with Crippen LogP contribution in [-0.2, 0) is 11.3 Å². The Bertz CT molecular complexity index is 659. The molecule has 17 heavy (non-hydrogen) atoms. The summed E-state index contributed by atoms with van der Waals surface area (Å²) in [6, 6.07) is 6.57. The Morgan fingerprint density at radius 3 is 2.76 bits per heavy atom. The molecule has 3 N–H and O–H groups in total. The molecule has 0 fully saturated rings. The van der Waals surface area contributed by atoms with Crippen LogP contribution < -0.4 is 11.3 Å². The SMILES string of the molecule is Cc1cc(=O)n(CC(=O)O)c2cc(N)ccc12. The molecule has 0 bridgehead atoms. The molecule has 5 nitrogen and oxygen atoms in total. The van der Waals surface area contributed by atoms with Crippen LogP contribution in [0.2, 0.25) is 0 Å². The van der Waals surface area contributed by atoms with Crippen LogP contribution in [0.4, 0.5) is 5.69 Å². The van der Waals surface area contributed by atoms with Crippen LogP contribution in [0.5, 0.6) is 0 Å². The second kappa shape index (κ2) is 3.93. The van der Waals surface area contributed by atoms with Gasteiger partial charge < -0.3 is 10.8 Å². The maximum Gasteiger partial charge on any atom is 0.323 e. The molecule has 0 saturated carbocycles. The highest BCUT2D eigenvalue weighted by Gasteiger charge is 2.09. The van der Waals surface area contributed by atoms with Crippen molar-refractivity contribution in [3.63, 3.8) is 0 Å². The van der Waals surface area contributed by atoms with Crippen molar-refractivity contribution in [2.24, 2.45) is 0 Å². The van der Waals surface area contributed by atoms with Crippen LogP contribution >= 0.6 is 0 Å². The predicted molar refractivity (Wildman–Crippen MR) is 65.0 cm³/mol. The molecular formula is C12H12N2O3. The summed E-state index contributed by atoms with van der Waals surface area (Å²) >= 11 is 0. The summed E-state index contributed by atoms with van der Waals surface area (Å²) < 4.78 is 1.21. The van der Waals surface area contributed by atoms with Crippen LogP contribution in [0.25, 0.3) is 10.9 Å². The molecule has 0 radical (unpaired) electrons. The zero-order valence-electron chi connectivity index (χ0n) is 9.30. The second-order valence-electron chi connectivity index (χ2n) is 3.92. The van der Waals surface area contributed by atoms with E-state index in [0.717, 1.165) is 10.9 Å². The first-order chi connectivity index (χ1) is 7.99. The average Bonchev–Trinajstić information content (AvgIpc) is 2.23. The number of carboxylic acid groups (broad SMARTS) is 1. The molecule has 5 heteroatoms. The number of anilines is 1. The first-order valence-corrected chi connectivity index (χ1v) is 5.10. The minimum absolute atomic E-state index is 0.331. The first kappa shape index (κ1) is 11.2. The van der Waals surface area contributed by atoms with Crippen LogP contribution in [0.3, 0.4) is 0 Å². The zero-order chi connectivity index (χ0) is 12.6. The van der Waals surface area contributed by atoms with Gasteiger partial charge in [-0.3, -0.25) is 14.2 Å². The van der Waals surface area contributed by atoms with Crippen molar-refractivity contribution < 1.29 is 9.90 Å². The molecular weight excluding hydrogens is 220 g/mol. The highest BCUT2D eigenvalue weighted by Crippen LogP contribution is 2.19. The van der Waals surface area contributed by atoms with E-state index < -0.39 is 5.97 Å². The van der Waals surface area contributed by atoms with Crippen molar-refractivity contribution >= 4 is 22.6 Å². The van der Waals surface area contributed by atoms with E-state index in [1.165, 1.54) is 10.6 Å². The molecule has 0 unspecified atom stereocenters. The van der Waals surface area contributed by atoms with Crippen molar-refractivity contribution in [1.82, 2.24) is 4.57 Å². The number of nitrogen functional groups attached to an aromatic ring is 1. The minimum atomic E-state index is -1.06. The number of pyridine rings is 1. The van der Waals surface area contributed by atoms with Crippen molar-refractivity contribution in [3.8, 4) is 0 Å². The van der Waals surface area contributed by atoms with Gasteiger partial charge in [0.05, 0.1) is 5.52 Å². The predicted octanol–water partition coefficient (Wildman–Crippen LogP) is 0.977. The number of hydrogen-bond donors (Lipinski definition) is 2. The summed E-state index contributed by atoms with van der Waals surface area (Å²) in [4.78, 5) is 22.5. The number of aryl methyl sites for hydroxylation is 1. The largest absolute Gasteiger partial charge is 0.480 e. The number of rotatable bonds is 2. The van der Waals surface area contributed by atoms with Gasteiger partial charge >= 0.3 is 5.97 Å². The lowest BCUT2D eigenvalue weighted by atomic mass is 10.1. The van der Waals surface area contributed by atoms with Crippen molar-refractivity contribution in [3.05, 3.63) is 40.2 Å². The number of nitrogens with two attached hydrogens (primary N) is 1. The molecule has 2 aromatic rings. The number of carboxylic acids is 1. The Labute approximate surface area is 97.1 Å². The molecule has 0 amide bonds. The highest BCUT2D eigenvalue weighted by molar-refractivity contribution is 5.86. The van der Waals surface area contributed by atoms with Gasteiger partial charge in [-0.1, -0.05) is 6.07 Å². The molecule has 2 rings (SSSR count). The summed E-state index contributed by atoms with van der Waals surface area (Å²) in [5, 5.41) is 9.63. The molecule has 1 aromatic carbocycles. The lowest BCUT2D eigenvalue weighted by Crippen LogP contribution is -2.24. The van der Waals surface area contributed by atoms with Gasteiger partial charge in [0, 0.05) is 17.1 Å². The van der Waals surface area contributed by atoms with Crippen molar-refractivity contribution in [1.29, 1.82) is 0 Å². The monoisotopic (exact) mass is 232 g/mol. The maximum atomic E-state index is 11.8. The molecule has 88 valence electrons. The van der Waals surface area contributed by atoms with E-state index >= 15 is 0 Å². The third-order valence-corrected chi connectivity index (χ3v) is 2.64. The van der Waals surface area contributed by atoms with Gasteiger partial charge in [-0.2, -0.15) is 0 Å². The van der Waals surface area contributed by atoms with Gasteiger partial charge in [0.2, 0.25) is 0 Å². The lowest BCUT2D eigenvalue weighted by molar-refractivity contribution is -0.137. The van der Waals surface area contributed by atoms with E-state index in [4.69, 9.17) is 10.8 Å². The standard InChI is InChI=1S/C12H12N2O3/c1-7-4-11(15)14(6-12(16)17)10-5-8(13)2-3-9(7)10/h2-5H,6,13H2,1H3,(H,16,17). The summed E-state index contributed by atoms with van der Waals surface area (Å²) in [6.07, 6.45) is 0. The molecule has 0 saturated heterocycles. The number of hydrogen-bond acceptors (Lipinski definition) is 3. The fourth-order valence-corrected chi connectivity index (χ4v) is 1.86. The van der Waals surface area contributed by atoms with Gasteiger partial charge in [-0.05, 0) is 24.6 Å². The van der Waals surface area contributed by atoms with Crippen molar-refractivity contribution in [2.45, 2.75) is 13.5 Å². The second-order valence-corrected chi connectivity index (χ2v) is 3.92. The Hall–Kier alpha value is -2.30. The third kappa shape index (κ3) is 1.99. The molecule has 1 aromatic heterocycles. The molecule has 0 aliphatic carbocycles. The molecule has 0 aliphatic heterocycles. The summed E-state index contributed by atoms with van der Waals surface area (Å²) in [6.45, 7) is 1.45. The number of benzene rings is 1. The lowest BCUT2D eigenvalue weighted by Gasteiger charge is -2.10. The normalized spacial score (nSPS) is 10.6. The molecule has 0 atom stereocenters. The van der Waals surface area contributed by atoms with E-state index in [-0.39, 0.29) is 12.1 Å².